The fourth-order valence-corrected chi connectivity index (χ4v) is 4.40. The molecule has 0 bridgehead atoms. The zero-order valence-corrected chi connectivity index (χ0v) is 16.6. The van der Waals surface area contributed by atoms with E-state index >= 15 is 0 Å². The van der Waals surface area contributed by atoms with Crippen molar-refractivity contribution in [2.75, 3.05) is 12.0 Å². The number of fused-ring (bicyclic) bond motifs is 1. The molecule has 0 aliphatic rings. The Balaban J connectivity index is 2.17. The van der Waals surface area contributed by atoms with Crippen LogP contribution in [-0.2, 0) is 6.54 Å². The van der Waals surface area contributed by atoms with E-state index in [0.29, 0.717) is 5.56 Å². The van der Waals surface area contributed by atoms with Gasteiger partial charge in [0.05, 0.1) is 10.2 Å². The molecule has 25 heavy (non-hydrogen) atoms. The predicted octanol–water partition coefficient (Wildman–Crippen LogP) is 4.73. The minimum atomic E-state index is -0.178. The summed E-state index contributed by atoms with van der Waals surface area (Å²) in [5.41, 5.74) is 5.35. The summed E-state index contributed by atoms with van der Waals surface area (Å²) in [7, 11) is 0. The van der Waals surface area contributed by atoms with Crippen LogP contribution >= 0.6 is 23.1 Å². The van der Waals surface area contributed by atoms with E-state index in [2.05, 4.69) is 41.8 Å². The van der Waals surface area contributed by atoms with Crippen LogP contribution in [0.4, 0.5) is 0 Å². The van der Waals surface area contributed by atoms with Gasteiger partial charge in [-0.1, -0.05) is 35.1 Å². The van der Waals surface area contributed by atoms with Crippen molar-refractivity contribution in [1.82, 2.24) is 4.57 Å². The summed E-state index contributed by atoms with van der Waals surface area (Å²) in [5.74, 6) is 0.813. The molecule has 0 aliphatic heterocycles. The Kier molecular flexibility index (Phi) is 5.45. The largest absolute Gasteiger partial charge is 0.315 e. The smallest absolute Gasteiger partial charge is 0.279 e. The molecule has 1 aromatic heterocycles. The van der Waals surface area contributed by atoms with E-state index in [1.54, 1.807) is 23.1 Å². The van der Waals surface area contributed by atoms with Gasteiger partial charge in [0.15, 0.2) is 4.80 Å². The summed E-state index contributed by atoms with van der Waals surface area (Å²) >= 11 is 3.40. The van der Waals surface area contributed by atoms with Crippen molar-refractivity contribution in [2.24, 2.45) is 4.99 Å². The van der Waals surface area contributed by atoms with Crippen LogP contribution in [0.2, 0.25) is 0 Å². The fourth-order valence-electron chi connectivity index (χ4n) is 2.93. The summed E-state index contributed by atoms with van der Waals surface area (Å²) in [6, 6.07) is 12.0. The van der Waals surface area contributed by atoms with E-state index in [4.69, 9.17) is 0 Å². The molecule has 2 aromatic carbocycles. The van der Waals surface area contributed by atoms with Crippen molar-refractivity contribution in [1.29, 1.82) is 0 Å². The van der Waals surface area contributed by atoms with Gasteiger partial charge in [-0.05, 0) is 56.4 Å². The molecule has 3 aromatic rings. The van der Waals surface area contributed by atoms with Crippen molar-refractivity contribution >= 4 is 39.2 Å². The number of hydrogen-bond acceptors (Lipinski definition) is 3. The van der Waals surface area contributed by atoms with Crippen molar-refractivity contribution in [3.05, 3.63) is 63.5 Å². The van der Waals surface area contributed by atoms with Crippen LogP contribution in [0.3, 0.4) is 0 Å². The number of thiazole rings is 1. The van der Waals surface area contributed by atoms with E-state index in [-0.39, 0.29) is 5.91 Å². The Hall–Kier alpha value is -1.85. The SMILES string of the molecule is CSCCn1c(=NC(=O)c2cccc(C)c2)sc2c(C)cc(C)cc21. The molecule has 130 valence electrons. The summed E-state index contributed by atoms with van der Waals surface area (Å²) in [5, 5.41) is 0. The maximum Gasteiger partial charge on any atom is 0.279 e. The topological polar surface area (TPSA) is 34.4 Å². The predicted molar refractivity (Wildman–Crippen MR) is 109 cm³/mol. The number of amides is 1. The minimum Gasteiger partial charge on any atom is -0.315 e. The molecule has 1 heterocycles. The van der Waals surface area contributed by atoms with Crippen LogP contribution < -0.4 is 4.80 Å². The van der Waals surface area contributed by atoms with Gasteiger partial charge in [0.1, 0.15) is 0 Å². The van der Waals surface area contributed by atoms with E-state index in [1.165, 1.54) is 21.3 Å². The molecule has 5 heteroatoms. The first kappa shape index (κ1) is 18.0. The second kappa shape index (κ2) is 7.58. The number of thioether (sulfide) groups is 1. The van der Waals surface area contributed by atoms with Crippen molar-refractivity contribution in [2.45, 2.75) is 27.3 Å². The molecule has 0 atom stereocenters. The van der Waals surface area contributed by atoms with Gasteiger partial charge in [0, 0.05) is 17.9 Å². The summed E-state index contributed by atoms with van der Waals surface area (Å²) in [6.07, 6.45) is 2.10. The van der Waals surface area contributed by atoms with Gasteiger partial charge in [-0.2, -0.15) is 16.8 Å². The van der Waals surface area contributed by atoms with Gasteiger partial charge in [-0.15, -0.1) is 0 Å². The van der Waals surface area contributed by atoms with Gasteiger partial charge in [0.25, 0.3) is 5.91 Å². The van der Waals surface area contributed by atoms with Crippen LogP contribution in [0.5, 0.6) is 0 Å². The molecule has 0 aliphatic carbocycles. The first-order chi connectivity index (χ1) is 12.0. The molecule has 0 N–H and O–H groups in total. The number of benzene rings is 2. The molecule has 0 spiro atoms. The van der Waals surface area contributed by atoms with E-state index < -0.39 is 0 Å². The van der Waals surface area contributed by atoms with Crippen LogP contribution in [0.1, 0.15) is 27.0 Å². The van der Waals surface area contributed by atoms with Gasteiger partial charge in [0.2, 0.25) is 0 Å². The van der Waals surface area contributed by atoms with Crippen LogP contribution in [0, 0.1) is 20.8 Å². The number of hydrogen-bond donors (Lipinski definition) is 0. The molecular formula is C20H22N2OS2. The normalized spacial score (nSPS) is 12.1. The zero-order chi connectivity index (χ0) is 18.0. The third kappa shape index (κ3) is 3.88. The Morgan fingerprint density at radius 2 is 1.96 bits per heavy atom. The third-order valence-corrected chi connectivity index (χ3v) is 5.92. The first-order valence-corrected chi connectivity index (χ1v) is 10.5. The van der Waals surface area contributed by atoms with Crippen LogP contribution in [0.25, 0.3) is 10.2 Å². The number of rotatable bonds is 4. The molecule has 3 rings (SSSR count). The quantitative estimate of drug-likeness (QED) is 0.665. The molecule has 0 fully saturated rings. The number of carbonyl (C=O) groups excluding carboxylic acids is 1. The number of aromatic nitrogens is 1. The lowest BCUT2D eigenvalue weighted by atomic mass is 10.1. The van der Waals surface area contributed by atoms with Gasteiger partial charge in [-0.3, -0.25) is 4.79 Å². The lowest BCUT2D eigenvalue weighted by molar-refractivity contribution is 0.0998. The molecule has 0 saturated carbocycles. The molecule has 3 nitrogen and oxygen atoms in total. The highest BCUT2D eigenvalue weighted by atomic mass is 32.2. The molecule has 0 unspecified atom stereocenters. The number of carbonyl (C=O) groups is 1. The lowest BCUT2D eigenvalue weighted by Crippen LogP contribution is -2.18. The Labute approximate surface area is 156 Å². The number of nitrogens with zero attached hydrogens (tertiary/aromatic N) is 2. The molecule has 0 saturated heterocycles. The Bertz CT molecular complexity index is 999. The van der Waals surface area contributed by atoms with Crippen molar-refractivity contribution < 1.29 is 4.79 Å². The second-order valence-corrected chi connectivity index (χ2v) is 8.21. The summed E-state index contributed by atoms with van der Waals surface area (Å²) in [4.78, 5) is 17.9. The van der Waals surface area contributed by atoms with Crippen LogP contribution in [0.15, 0.2) is 41.4 Å². The van der Waals surface area contributed by atoms with Gasteiger partial charge < -0.3 is 4.57 Å². The van der Waals surface area contributed by atoms with Gasteiger partial charge >= 0.3 is 0 Å². The lowest BCUT2D eigenvalue weighted by Gasteiger charge is -2.05. The summed E-state index contributed by atoms with van der Waals surface area (Å²) in [6.45, 7) is 7.07. The highest BCUT2D eigenvalue weighted by molar-refractivity contribution is 7.98. The second-order valence-electron chi connectivity index (χ2n) is 6.25. The highest BCUT2D eigenvalue weighted by Crippen LogP contribution is 2.23. The maximum atomic E-state index is 12.6. The standard InChI is InChI=1S/C20H22N2OS2/c1-13-6-5-7-16(11-13)19(23)21-20-22(8-9-24-4)17-12-14(2)10-15(3)18(17)25-20/h5-7,10-12H,8-9H2,1-4H3. The van der Waals surface area contributed by atoms with Gasteiger partial charge in [-0.25, -0.2) is 0 Å². The third-order valence-electron chi connectivity index (χ3n) is 4.10. The molecular weight excluding hydrogens is 348 g/mol. The average molecular weight is 371 g/mol. The average Bonchev–Trinajstić information content (AvgIpc) is 2.90. The highest BCUT2D eigenvalue weighted by Gasteiger charge is 2.11. The van der Waals surface area contributed by atoms with Crippen LogP contribution in [-0.4, -0.2) is 22.5 Å². The zero-order valence-electron chi connectivity index (χ0n) is 15.0. The maximum absolute atomic E-state index is 12.6. The van der Waals surface area contributed by atoms with E-state index in [1.807, 2.05) is 31.2 Å². The fraction of sp³-hybridized carbons (Fsp3) is 0.300. The molecule has 0 radical (unpaired) electrons. The minimum absolute atomic E-state index is 0.178. The summed E-state index contributed by atoms with van der Waals surface area (Å²) < 4.78 is 3.40. The Morgan fingerprint density at radius 1 is 1.16 bits per heavy atom. The Morgan fingerprint density at radius 3 is 2.68 bits per heavy atom. The van der Waals surface area contributed by atoms with Crippen molar-refractivity contribution in [3.63, 3.8) is 0 Å². The van der Waals surface area contributed by atoms with E-state index in [0.717, 1.165) is 22.7 Å². The van der Waals surface area contributed by atoms with Crippen molar-refractivity contribution in [3.8, 4) is 0 Å². The first-order valence-electron chi connectivity index (χ1n) is 8.25. The number of aryl methyl sites for hydroxylation is 4. The monoisotopic (exact) mass is 370 g/mol. The van der Waals surface area contributed by atoms with E-state index in [9.17, 15) is 4.79 Å². The molecule has 1 amide bonds.